The van der Waals surface area contributed by atoms with Gasteiger partial charge in [-0.3, -0.25) is 9.59 Å². The second-order valence-corrected chi connectivity index (χ2v) is 8.31. The van der Waals surface area contributed by atoms with Gasteiger partial charge >= 0.3 is 0 Å². The van der Waals surface area contributed by atoms with Gasteiger partial charge in [0, 0.05) is 23.2 Å². The first-order valence-electron chi connectivity index (χ1n) is 11.0. The molecule has 0 saturated carbocycles. The van der Waals surface area contributed by atoms with Crippen molar-refractivity contribution in [2.75, 3.05) is 5.32 Å². The fourth-order valence-corrected chi connectivity index (χ4v) is 4.33. The summed E-state index contributed by atoms with van der Waals surface area (Å²) in [5.41, 5.74) is 6.37. The number of aromatic amines is 1. The third-order valence-electron chi connectivity index (χ3n) is 6.06. The Labute approximate surface area is 181 Å². The molecule has 2 N–H and O–H groups in total. The number of fused-ring (bicyclic) bond motifs is 1. The van der Waals surface area contributed by atoms with Crippen molar-refractivity contribution in [2.24, 2.45) is 0 Å². The number of aromatic nitrogens is 2. The van der Waals surface area contributed by atoms with E-state index in [1.807, 2.05) is 48.5 Å². The highest BCUT2D eigenvalue weighted by Crippen LogP contribution is 2.25. The van der Waals surface area contributed by atoms with Crippen LogP contribution in [-0.4, -0.2) is 21.7 Å². The van der Waals surface area contributed by atoms with Crippen LogP contribution in [0.15, 0.2) is 65.8 Å². The Morgan fingerprint density at radius 3 is 2.39 bits per heavy atom. The second-order valence-electron chi connectivity index (χ2n) is 8.31. The lowest BCUT2D eigenvalue weighted by molar-refractivity contribution is -0.115. The zero-order valence-electron chi connectivity index (χ0n) is 17.4. The number of allylic oxidation sites excluding steroid dienone is 3. The number of carbonyl (C=O) groups excluding carboxylic acids is 2. The SMILES string of the molecule is O=C(Cc1ccc2nc(-c3ccc(NC(=O)C4=CCCC4)cc3)[nH]c2c1)C1=CCCC1. The summed E-state index contributed by atoms with van der Waals surface area (Å²) in [6.45, 7) is 0. The Morgan fingerprint density at radius 2 is 1.68 bits per heavy atom. The van der Waals surface area contributed by atoms with Crippen LogP contribution in [0.2, 0.25) is 0 Å². The highest BCUT2D eigenvalue weighted by Gasteiger charge is 2.15. The Balaban J connectivity index is 1.30. The fraction of sp³-hybridized carbons (Fsp3) is 0.269. The van der Waals surface area contributed by atoms with Gasteiger partial charge in [0.25, 0.3) is 5.91 Å². The second kappa shape index (κ2) is 8.34. The molecule has 5 heteroatoms. The Kier molecular flexibility index (Phi) is 5.24. The molecule has 1 heterocycles. The third kappa shape index (κ3) is 4.22. The molecule has 5 nitrogen and oxygen atoms in total. The highest BCUT2D eigenvalue weighted by molar-refractivity contribution is 6.04. The van der Waals surface area contributed by atoms with Gasteiger partial charge in [0.05, 0.1) is 11.0 Å². The topological polar surface area (TPSA) is 74.8 Å². The Morgan fingerprint density at radius 1 is 0.935 bits per heavy atom. The first-order chi connectivity index (χ1) is 15.2. The molecule has 156 valence electrons. The number of hydrogen-bond acceptors (Lipinski definition) is 3. The highest BCUT2D eigenvalue weighted by atomic mass is 16.1. The molecule has 2 aliphatic carbocycles. The summed E-state index contributed by atoms with van der Waals surface area (Å²) in [5.74, 6) is 0.986. The van der Waals surface area contributed by atoms with Crippen molar-refractivity contribution in [3.63, 3.8) is 0 Å². The number of hydrogen-bond donors (Lipinski definition) is 2. The van der Waals surface area contributed by atoms with Crippen LogP contribution >= 0.6 is 0 Å². The van der Waals surface area contributed by atoms with E-state index in [0.29, 0.717) is 6.42 Å². The summed E-state index contributed by atoms with van der Waals surface area (Å²) >= 11 is 0. The fourth-order valence-electron chi connectivity index (χ4n) is 4.33. The smallest absolute Gasteiger partial charge is 0.251 e. The minimum atomic E-state index is -0.00979. The number of Topliss-reactive ketones (excluding diaryl/α,β-unsaturated/α-hetero) is 1. The van der Waals surface area contributed by atoms with Gasteiger partial charge in [-0.25, -0.2) is 4.98 Å². The number of benzene rings is 2. The van der Waals surface area contributed by atoms with E-state index in [-0.39, 0.29) is 11.7 Å². The van der Waals surface area contributed by atoms with Crippen LogP contribution in [0.25, 0.3) is 22.4 Å². The number of imidazole rings is 1. The number of anilines is 1. The maximum absolute atomic E-state index is 12.4. The standard InChI is InChI=1S/C26H25N3O2/c30-24(18-5-1-2-6-18)16-17-9-14-22-23(15-17)29-25(28-22)19-10-12-21(13-11-19)27-26(31)20-7-3-4-8-20/h5,7,9-15H,1-4,6,8,16H2,(H,27,31)(H,28,29). The molecule has 0 unspecified atom stereocenters. The van der Waals surface area contributed by atoms with E-state index in [0.717, 1.165) is 83.3 Å². The molecule has 2 aliphatic rings. The number of ketones is 1. The van der Waals surface area contributed by atoms with Crippen molar-refractivity contribution in [2.45, 2.75) is 44.9 Å². The van der Waals surface area contributed by atoms with Crippen molar-refractivity contribution >= 4 is 28.4 Å². The number of H-pyrrole nitrogens is 1. The minimum Gasteiger partial charge on any atom is -0.338 e. The van der Waals surface area contributed by atoms with E-state index in [1.165, 1.54) is 0 Å². The van der Waals surface area contributed by atoms with E-state index in [4.69, 9.17) is 0 Å². The molecule has 0 spiro atoms. The zero-order chi connectivity index (χ0) is 21.2. The lowest BCUT2D eigenvalue weighted by Gasteiger charge is -2.06. The molecule has 0 saturated heterocycles. The van der Waals surface area contributed by atoms with Crippen LogP contribution in [0.5, 0.6) is 0 Å². The van der Waals surface area contributed by atoms with Gasteiger partial charge in [0.2, 0.25) is 0 Å². The van der Waals surface area contributed by atoms with Gasteiger partial charge in [0.15, 0.2) is 5.78 Å². The van der Waals surface area contributed by atoms with Crippen LogP contribution in [0.1, 0.15) is 44.1 Å². The Hall–Kier alpha value is -3.47. The average molecular weight is 412 g/mol. The van der Waals surface area contributed by atoms with Crippen LogP contribution in [0.3, 0.4) is 0 Å². The van der Waals surface area contributed by atoms with Crippen LogP contribution in [0, 0.1) is 0 Å². The Bertz CT molecular complexity index is 1220. The van der Waals surface area contributed by atoms with Gasteiger partial charge in [-0.15, -0.1) is 0 Å². The predicted octanol–water partition coefficient (Wildman–Crippen LogP) is 5.50. The molecule has 0 atom stereocenters. The molecule has 2 aromatic carbocycles. The molecule has 0 fully saturated rings. The predicted molar refractivity (Wildman–Crippen MR) is 123 cm³/mol. The summed E-state index contributed by atoms with van der Waals surface area (Å²) < 4.78 is 0. The van der Waals surface area contributed by atoms with Crippen molar-refractivity contribution in [1.82, 2.24) is 9.97 Å². The lowest BCUT2D eigenvalue weighted by Crippen LogP contribution is -2.13. The molecule has 0 aliphatic heterocycles. The maximum Gasteiger partial charge on any atom is 0.251 e. The van der Waals surface area contributed by atoms with Crippen molar-refractivity contribution in [3.8, 4) is 11.4 Å². The van der Waals surface area contributed by atoms with Gasteiger partial charge in [0.1, 0.15) is 5.82 Å². The van der Waals surface area contributed by atoms with E-state index in [2.05, 4.69) is 21.4 Å². The third-order valence-corrected chi connectivity index (χ3v) is 6.06. The van der Waals surface area contributed by atoms with Crippen molar-refractivity contribution in [3.05, 3.63) is 71.3 Å². The summed E-state index contributed by atoms with van der Waals surface area (Å²) in [6.07, 6.45) is 10.4. The number of nitrogens with one attached hydrogen (secondary N) is 2. The van der Waals surface area contributed by atoms with Gasteiger partial charge in [-0.2, -0.15) is 0 Å². The van der Waals surface area contributed by atoms with E-state index < -0.39 is 0 Å². The summed E-state index contributed by atoms with van der Waals surface area (Å²) in [5, 5.41) is 2.96. The van der Waals surface area contributed by atoms with Crippen LogP contribution in [0.4, 0.5) is 5.69 Å². The first-order valence-corrected chi connectivity index (χ1v) is 11.0. The summed E-state index contributed by atoms with van der Waals surface area (Å²) in [6, 6.07) is 13.7. The van der Waals surface area contributed by atoms with Crippen LogP contribution in [-0.2, 0) is 16.0 Å². The molecule has 31 heavy (non-hydrogen) atoms. The molecular weight excluding hydrogens is 386 g/mol. The van der Waals surface area contributed by atoms with Gasteiger partial charge < -0.3 is 10.3 Å². The lowest BCUT2D eigenvalue weighted by atomic mass is 10.0. The summed E-state index contributed by atoms with van der Waals surface area (Å²) in [4.78, 5) is 32.7. The average Bonchev–Trinajstić information content (AvgIpc) is 3.55. The number of rotatable bonds is 6. The van der Waals surface area contributed by atoms with Crippen LogP contribution < -0.4 is 5.32 Å². The molecular formula is C26H25N3O2. The monoisotopic (exact) mass is 411 g/mol. The number of amides is 1. The van der Waals surface area contributed by atoms with E-state index in [1.54, 1.807) is 0 Å². The van der Waals surface area contributed by atoms with Gasteiger partial charge in [-0.1, -0.05) is 18.2 Å². The molecule has 0 radical (unpaired) electrons. The van der Waals surface area contributed by atoms with E-state index in [9.17, 15) is 9.59 Å². The zero-order valence-corrected chi connectivity index (χ0v) is 17.4. The molecule has 5 rings (SSSR count). The number of nitrogens with zero attached hydrogens (tertiary/aromatic N) is 1. The van der Waals surface area contributed by atoms with Crippen molar-refractivity contribution < 1.29 is 9.59 Å². The quantitative estimate of drug-likeness (QED) is 0.562. The molecule has 1 amide bonds. The summed E-state index contributed by atoms with van der Waals surface area (Å²) in [7, 11) is 0. The largest absolute Gasteiger partial charge is 0.338 e. The molecule has 1 aromatic heterocycles. The normalized spacial score (nSPS) is 15.7. The minimum absolute atomic E-state index is 0.00979. The molecule has 3 aromatic rings. The maximum atomic E-state index is 12.4. The van der Waals surface area contributed by atoms with E-state index >= 15 is 0 Å². The van der Waals surface area contributed by atoms with Crippen molar-refractivity contribution in [1.29, 1.82) is 0 Å². The molecule has 0 bridgehead atoms. The van der Waals surface area contributed by atoms with Gasteiger partial charge in [-0.05, 0) is 86.1 Å². The first kappa shape index (κ1) is 19.5. The number of carbonyl (C=O) groups is 2.